The number of phenolic OH excluding ortho intramolecular Hbond substituents is 1. The third-order valence-electron chi connectivity index (χ3n) is 1.84. The van der Waals surface area contributed by atoms with Gasteiger partial charge in [-0.25, -0.2) is 0 Å². The van der Waals surface area contributed by atoms with Crippen molar-refractivity contribution in [3.63, 3.8) is 0 Å². The van der Waals surface area contributed by atoms with Gasteiger partial charge >= 0.3 is 6.36 Å². The van der Waals surface area contributed by atoms with E-state index in [0.717, 1.165) is 18.2 Å². The van der Waals surface area contributed by atoms with Gasteiger partial charge in [-0.2, -0.15) is 10.5 Å². The van der Waals surface area contributed by atoms with Gasteiger partial charge < -0.3 is 9.84 Å². The number of nitriles is 2. The van der Waals surface area contributed by atoms with Crippen molar-refractivity contribution in [2.24, 2.45) is 0 Å². The summed E-state index contributed by atoms with van der Waals surface area (Å²) >= 11 is 2.85. The van der Waals surface area contributed by atoms with Gasteiger partial charge in [0.2, 0.25) is 0 Å². The van der Waals surface area contributed by atoms with Crippen molar-refractivity contribution in [2.45, 2.75) is 6.36 Å². The number of phenols is 1. The van der Waals surface area contributed by atoms with E-state index in [1.807, 2.05) is 0 Å². The molecule has 0 aliphatic carbocycles. The maximum Gasteiger partial charge on any atom is 0.573 e. The molecule has 0 unspecified atom stereocenters. The van der Waals surface area contributed by atoms with E-state index in [9.17, 15) is 18.3 Å². The van der Waals surface area contributed by atoms with Gasteiger partial charge in [0.15, 0.2) is 0 Å². The topological polar surface area (TPSA) is 77.0 Å². The number of allylic oxidation sites excluding steroid dienone is 1. The Hall–Kier alpha value is -2.19. The fourth-order valence-electron chi connectivity index (χ4n) is 1.14. The molecule has 98 valence electrons. The molecule has 0 radical (unpaired) electrons. The monoisotopic (exact) mass is 332 g/mol. The predicted molar refractivity (Wildman–Crippen MR) is 61.7 cm³/mol. The maximum atomic E-state index is 12.1. The van der Waals surface area contributed by atoms with E-state index in [1.165, 1.54) is 12.1 Å². The summed E-state index contributed by atoms with van der Waals surface area (Å²) < 4.78 is 39.9. The molecule has 0 aromatic heterocycles. The summed E-state index contributed by atoms with van der Waals surface area (Å²) in [4.78, 5) is 0. The number of ether oxygens (including phenoxy) is 1. The number of halogens is 4. The van der Waals surface area contributed by atoms with Crippen LogP contribution in [-0.2, 0) is 0 Å². The van der Waals surface area contributed by atoms with Crippen LogP contribution >= 0.6 is 15.9 Å². The SMILES string of the molecule is N#CC(C#N)=Cc1cc(OC(F)(F)F)cc(Br)c1O. The second-order valence-electron chi connectivity index (χ2n) is 3.17. The minimum Gasteiger partial charge on any atom is -0.506 e. The van der Waals surface area contributed by atoms with Crippen LogP contribution in [-0.4, -0.2) is 11.5 Å². The van der Waals surface area contributed by atoms with Crippen LogP contribution in [0.4, 0.5) is 13.2 Å². The lowest BCUT2D eigenvalue weighted by Gasteiger charge is -2.11. The molecule has 0 heterocycles. The molecular weight excluding hydrogens is 329 g/mol. The number of nitrogens with zero attached hydrogens (tertiary/aromatic N) is 2. The number of hydrogen-bond donors (Lipinski definition) is 1. The summed E-state index contributed by atoms with van der Waals surface area (Å²) in [6.07, 6.45) is -3.94. The molecule has 0 atom stereocenters. The Morgan fingerprint density at radius 2 is 1.89 bits per heavy atom. The number of alkyl halides is 3. The highest BCUT2D eigenvalue weighted by Gasteiger charge is 2.31. The van der Waals surface area contributed by atoms with Crippen LogP contribution in [0.1, 0.15) is 5.56 Å². The standard InChI is InChI=1S/C11H4BrF3N2O2/c12-9-3-8(19-11(13,14)15)2-7(10(9)18)1-6(4-16)5-17/h1-3,18H. The zero-order chi connectivity index (χ0) is 14.6. The first kappa shape index (κ1) is 14.9. The van der Waals surface area contributed by atoms with Crippen molar-refractivity contribution in [1.29, 1.82) is 10.5 Å². The Morgan fingerprint density at radius 3 is 2.37 bits per heavy atom. The highest BCUT2D eigenvalue weighted by molar-refractivity contribution is 9.10. The first-order chi connectivity index (χ1) is 8.76. The molecule has 0 aliphatic rings. The molecule has 0 saturated carbocycles. The van der Waals surface area contributed by atoms with Gasteiger partial charge in [-0.3, -0.25) is 0 Å². The lowest BCUT2D eigenvalue weighted by atomic mass is 10.1. The van der Waals surface area contributed by atoms with Gasteiger partial charge in [-0.1, -0.05) is 0 Å². The molecule has 1 aromatic carbocycles. The normalized spacial score (nSPS) is 10.2. The van der Waals surface area contributed by atoms with Crippen LogP contribution in [0.5, 0.6) is 11.5 Å². The zero-order valence-corrected chi connectivity index (χ0v) is 10.6. The van der Waals surface area contributed by atoms with Gasteiger partial charge in [0.1, 0.15) is 29.2 Å². The Kier molecular flexibility index (Phi) is 4.41. The highest BCUT2D eigenvalue weighted by Crippen LogP contribution is 2.35. The third kappa shape index (κ3) is 4.19. The second-order valence-corrected chi connectivity index (χ2v) is 4.03. The maximum absolute atomic E-state index is 12.1. The van der Waals surface area contributed by atoms with Crippen molar-refractivity contribution < 1.29 is 23.0 Å². The van der Waals surface area contributed by atoms with E-state index in [0.29, 0.717) is 0 Å². The summed E-state index contributed by atoms with van der Waals surface area (Å²) in [6.45, 7) is 0. The lowest BCUT2D eigenvalue weighted by Crippen LogP contribution is -2.17. The van der Waals surface area contributed by atoms with E-state index < -0.39 is 17.9 Å². The molecule has 1 N–H and O–H groups in total. The van der Waals surface area contributed by atoms with Crippen LogP contribution in [0.3, 0.4) is 0 Å². The molecule has 8 heteroatoms. The lowest BCUT2D eigenvalue weighted by molar-refractivity contribution is -0.274. The van der Waals surface area contributed by atoms with Crippen molar-refractivity contribution in [3.05, 3.63) is 27.7 Å². The highest BCUT2D eigenvalue weighted by atomic mass is 79.9. The van der Waals surface area contributed by atoms with Gasteiger partial charge in [0.25, 0.3) is 0 Å². The molecular formula is C11H4BrF3N2O2. The average Bonchev–Trinajstić information content (AvgIpc) is 2.29. The molecule has 0 fully saturated rings. The van der Waals surface area contributed by atoms with Crippen molar-refractivity contribution >= 4 is 22.0 Å². The molecule has 1 rings (SSSR count). The fourth-order valence-corrected chi connectivity index (χ4v) is 1.60. The van der Waals surface area contributed by atoms with Crippen LogP contribution in [0.15, 0.2) is 22.2 Å². The third-order valence-corrected chi connectivity index (χ3v) is 2.45. The molecule has 0 spiro atoms. The quantitative estimate of drug-likeness (QED) is 0.841. The van der Waals surface area contributed by atoms with E-state index in [1.54, 1.807) is 0 Å². The van der Waals surface area contributed by atoms with E-state index >= 15 is 0 Å². The van der Waals surface area contributed by atoms with E-state index in [2.05, 4.69) is 20.7 Å². The largest absolute Gasteiger partial charge is 0.573 e. The van der Waals surface area contributed by atoms with E-state index in [-0.39, 0.29) is 15.6 Å². The van der Waals surface area contributed by atoms with Crippen molar-refractivity contribution in [1.82, 2.24) is 0 Å². The second kappa shape index (κ2) is 5.63. The zero-order valence-electron chi connectivity index (χ0n) is 8.99. The molecule has 0 amide bonds. The first-order valence-corrected chi connectivity index (χ1v) is 5.36. The predicted octanol–water partition coefficient (Wildman–Crippen LogP) is 3.48. The van der Waals surface area contributed by atoms with Gasteiger partial charge in [0.05, 0.1) is 4.47 Å². The minimum atomic E-state index is -4.88. The van der Waals surface area contributed by atoms with Crippen LogP contribution in [0.2, 0.25) is 0 Å². The minimum absolute atomic E-state index is 0.0595. The number of benzene rings is 1. The molecule has 4 nitrogen and oxygen atoms in total. The fraction of sp³-hybridized carbons (Fsp3) is 0.0909. The van der Waals surface area contributed by atoms with Gasteiger partial charge in [-0.05, 0) is 34.1 Å². The van der Waals surface area contributed by atoms with Crippen LogP contribution in [0, 0.1) is 22.7 Å². The first-order valence-electron chi connectivity index (χ1n) is 4.57. The van der Waals surface area contributed by atoms with Crippen molar-refractivity contribution in [2.75, 3.05) is 0 Å². The summed E-state index contributed by atoms with van der Waals surface area (Å²) in [5.41, 5.74) is -0.516. The van der Waals surface area contributed by atoms with Crippen LogP contribution in [0.25, 0.3) is 6.08 Å². The Bertz CT molecular complexity index is 596. The number of rotatable bonds is 2. The smallest absolute Gasteiger partial charge is 0.506 e. The van der Waals surface area contributed by atoms with Crippen molar-refractivity contribution in [3.8, 4) is 23.6 Å². The Labute approximate surface area is 114 Å². The molecule has 0 aliphatic heterocycles. The average molecular weight is 333 g/mol. The summed E-state index contributed by atoms with van der Waals surface area (Å²) in [6, 6.07) is 4.83. The molecule has 1 aromatic rings. The number of hydrogen-bond acceptors (Lipinski definition) is 4. The van der Waals surface area contributed by atoms with Crippen LogP contribution < -0.4 is 4.74 Å². The summed E-state index contributed by atoms with van der Waals surface area (Å²) in [7, 11) is 0. The summed E-state index contributed by atoms with van der Waals surface area (Å²) in [5, 5.41) is 26.7. The van der Waals surface area contributed by atoms with Gasteiger partial charge in [0, 0.05) is 5.56 Å². The van der Waals surface area contributed by atoms with Gasteiger partial charge in [-0.15, -0.1) is 13.2 Å². The number of aromatic hydroxyl groups is 1. The molecule has 0 saturated heterocycles. The Balaban J connectivity index is 3.31. The van der Waals surface area contributed by atoms with E-state index in [4.69, 9.17) is 10.5 Å². The summed E-state index contributed by atoms with van der Waals surface area (Å²) in [5.74, 6) is -0.990. The Morgan fingerprint density at radius 1 is 1.32 bits per heavy atom. The molecule has 19 heavy (non-hydrogen) atoms. The molecule has 0 bridgehead atoms.